The van der Waals surface area contributed by atoms with Crippen LogP contribution in [-0.4, -0.2) is 43.8 Å². The van der Waals surface area contributed by atoms with Crippen LogP contribution in [0.25, 0.3) is 5.57 Å². The first-order chi connectivity index (χ1) is 10.1. The van der Waals surface area contributed by atoms with E-state index in [2.05, 4.69) is 10.6 Å². The smallest absolute Gasteiger partial charge is 0.335 e. The predicted molar refractivity (Wildman–Crippen MR) is 79.9 cm³/mol. The lowest BCUT2D eigenvalue weighted by molar-refractivity contribution is -0.109. The van der Waals surface area contributed by atoms with Crippen molar-refractivity contribution < 1.29 is 19.4 Å². The van der Waals surface area contributed by atoms with Gasteiger partial charge in [-0.25, -0.2) is 4.79 Å². The molecule has 6 heteroatoms. The number of hydrogen-bond acceptors (Lipinski definition) is 4. The molecule has 114 valence electrons. The number of aromatic carboxylic acids is 1. The summed E-state index contributed by atoms with van der Waals surface area (Å²) < 4.78 is 4.95. The van der Waals surface area contributed by atoms with Gasteiger partial charge in [0, 0.05) is 19.9 Å². The summed E-state index contributed by atoms with van der Waals surface area (Å²) in [4.78, 5) is 21.7. The molecule has 1 atom stereocenters. The van der Waals surface area contributed by atoms with Crippen LogP contribution in [0.2, 0.25) is 0 Å². The molecule has 6 nitrogen and oxygen atoms in total. The zero-order valence-corrected chi connectivity index (χ0v) is 12.1. The molecular formula is C15H20N2O4. The van der Waals surface area contributed by atoms with Gasteiger partial charge in [-0.3, -0.25) is 4.79 Å². The minimum Gasteiger partial charge on any atom is -0.478 e. The number of rotatable bonds is 9. The second-order valence-electron chi connectivity index (χ2n) is 4.44. The highest BCUT2D eigenvalue weighted by atomic mass is 16.5. The van der Waals surface area contributed by atoms with Gasteiger partial charge in [0.15, 0.2) is 0 Å². The van der Waals surface area contributed by atoms with Crippen LogP contribution in [-0.2, 0) is 9.53 Å². The number of carboxylic acid groups (broad SMARTS) is 1. The quantitative estimate of drug-likeness (QED) is 0.468. The number of carboxylic acids is 1. The molecule has 0 spiro atoms. The van der Waals surface area contributed by atoms with Crippen LogP contribution in [0.4, 0.5) is 0 Å². The first-order valence-electron chi connectivity index (χ1n) is 6.56. The molecule has 1 amide bonds. The normalized spacial score (nSPS) is 12.6. The van der Waals surface area contributed by atoms with E-state index < -0.39 is 5.97 Å². The van der Waals surface area contributed by atoms with Crippen molar-refractivity contribution in [1.29, 1.82) is 0 Å². The Bertz CT molecular complexity index is 514. The first kappa shape index (κ1) is 16.7. The lowest BCUT2D eigenvalue weighted by Crippen LogP contribution is -2.27. The van der Waals surface area contributed by atoms with E-state index in [0.29, 0.717) is 19.6 Å². The molecule has 0 heterocycles. The summed E-state index contributed by atoms with van der Waals surface area (Å²) in [5.41, 5.74) is 1.73. The molecule has 0 saturated carbocycles. The maximum absolute atomic E-state index is 11.0. The molecule has 0 aromatic heterocycles. The highest BCUT2D eigenvalue weighted by Crippen LogP contribution is 2.19. The van der Waals surface area contributed by atoms with Crippen LogP contribution >= 0.6 is 0 Å². The van der Waals surface area contributed by atoms with Gasteiger partial charge in [0.1, 0.15) is 0 Å². The van der Waals surface area contributed by atoms with E-state index >= 15 is 0 Å². The number of ether oxygens (including phenoxy) is 1. The van der Waals surface area contributed by atoms with E-state index in [-0.39, 0.29) is 11.6 Å². The van der Waals surface area contributed by atoms with E-state index in [1.54, 1.807) is 31.5 Å². The second kappa shape index (κ2) is 8.76. The van der Waals surface area contributed by atoms with Gasteiger partial charge in [-0.1, -0.05) is 12.1 Å². The van der Waals surface area contributed by atoms with E-state index in [1.807, 2.05) is 6.92 Å². The number of carbonyl (C=O) groups is 2. The second-order valence-corrected chi connectivity index (χ2v) is 4.44. The van der Waals surface area contributed by atoms with Crippen molar-refractivity contribution in [1.82, 2.24) is 10.6 Å². The van der Waals surface area contributed by atoms with Gasteiger partial charge in [0.25, 0.3) is 0 Å². The molecule has 0 aliphatic carbocycles. The molecule has 1 rings (SSSR count). The van der Waals surface area contributed by atoms with Crippen LogP contribution in [0.1, 0.15) is 22.8 Å². The molecule has 1 aromatic rings. The number of benzene rings is 1. The Morgan fingerprint density at radius 3 is 2.76 bits per heavy atom. The Hall–Kier alpha value is -2.34. The first-order valence-corrected chi connectivity index (χ1v) is 6.56. The van der Waals surface area contributed by atoms with Crippen molar-refractivity contribution in [3.63, 3.8) is 0 Å². The summed E-state index contributed by atoms with van der Waals surface area (Å²) >= 11 is 0. The lowest BCUT2D eigenvalue weighted by atomic mass is 9.98. The maximum Gasteiger partial charge on any atom is 0.335 e. The summed E-state index contributed by atoms with van der Waals surface area (Å²) in [5, 5.41) is 14.8. The summed E-state index contributed by atoms with van der Waals surface area (Å²) in [7, 11) is 1.61. The molecule has 21 heavy (non-hydrogen) atoms. The topological polar surface area (TPSA) is 87.7 Å². The van der Waals surface area contributed by atoms with Gasteiger partial charge in [-0.05, 0) is 30.2 Å². The van der Waals surface area contributed by atoms with Crippen molar-refractivity contribution in [2.75, 3.05) is 20.3 Å². The third-order valence-electron chi connectivity index (χ3n) is 2.94. The SMILES string of the molecule is COCCN/C=C(/c1cccc(C(=O)O)c1)C(C)NC=O. The Kier molecular flexibility index (Phi) is 6.97. The van der Waals surface area contributed by atoms with Gasteiger partial charge >= 0.3 is 5.97 Å². The zero-order valence-electron chi connectivity index (χ0n) is 12.1. The van der Waals surface area contributed by atoms with E-state index in [9.17, 15) is 9.59 Å². The molecule has 1 aromatic carbocycles. The maximum atomic E-state index is 11.0. The summed E-state index contributed by atoms with van der Waals surface area (Å²) in [5.74, 6) is -0.987. The van der Waals surface area contributed by atoms with E-state index in [1.165, 1.54) is 6.07 Å². The Morgan fingerprint density at radius 2 is 2.14 bits per heavy atom. The standard InChI is InChI=1S/C15H20N2O4/c1-11(17-10-18)14(9-16-6-7-21-2)12-4-3-5-13(8-12)15(19)20/h3-5,8-11,16H,6-7H2,1-2H3,(H,17,18)(H,19,20)/b14-9+. The largest absolute Gasteiger partial charge is 0.478 e. The molecule has 0 saturated heterocycles. The van der Waals surface area contributed by atoms with Gasteiger partial charge in [-0.2, -0.15) is 0 Å². The number of carbonyl (C=O) groups excluding carboxylic acids is 1. The van der Waals surface area contributed by atoms with Crippen molar-refractivity contribution in [3.05, 3.63) is 41.6 Å². The third-order valence-corrected chi connectivity index (χ3v) is 2.94. The van der Waals surface area contributed by atoms with Crippen LogP contribution < -0.4 is 10.6 Å². The van der Waals surface area contributed by atoms with Gasteiger partial charge in [0.2, 0.25) is 6.41 Å². The highest BCUT2D eigenvalue weighted by Gasteiger charge is 2.12. The highest BCUT2D eigenvalue weighted by molar-refractivity contribution is 5.89. The number of methoxy groups -OCH3 is 1. The van der Waals surface area contributed by atoms with Gasteiger partial charge in [-0.15, -0.1) is 0 Å². The molecule has 0 aliphatic heterocycles. The van der Waals surface area contributed by atoms with Crippen molar-refractivity contribution >= 4 is 18.0 Å². The van der Waals surface area contributed by atoms with Crippen LogP contribution in [0.5, 0.6) is 0 Å². The molecule has 0 bridgehead atoms. The van der Waals surface area contributed by atoms with Crippen LogP contribution in [0.15, 0.2) is 30.5 Å². The fourth-order valence-corrected chi connectivity index (χ4v) is 1.83. The molecule has 0 fully saturated rings. The predicted octanol–water partition coefficient (Wildman–Crippen LogP) is 1.10. The minimum absolute atomic E-state index is 0.202. The number of amides is 1. The number of hydrogen-bond donors (Lipinski definition) is 3. The van der Waals surface area contributed by atoms with Crippen molar-refractivity contribution in [2.24, 2.45) is 0 Å². The molecule has 3 N–H and O–H groups in total. The zero-order chi connectivity index (χ0) is 15.7. The lowest BCUT2D eigenvalue weighted by Gasteiger charge is -2.16. The minimum atomic E-state index is -0.987. The molecule has 0 aliphatic rings. The molecule has 1 unspecified atom stereocenters. The molecular weight excluding hydrogens is 272 g/mol. The fourth-order valence-electron chi connectivity index (χ4n) is 1.83. The van der Waals surface area contributed by atoms with Crippen molar-refractivity contribution in [2.45, 2.75) is 13.0 Å². The van der Waals surface area contributed by atoms with Gasteiger partial charge < -0.3 is 20.5 Å². The summed E-state index contributed by atoms with van der Waals surface area (Å²) in [6.07, 6.45) is 2.38. The van der Waals surface area contributed by atoms with Gasteiger partial charge in [0.05, 0.1) is 18.2 Å². The monoisotopic (exact) mass is 292 g/mol. The van der Waals surface area contributed by atoms with E-state index in [0.717, 1.165) is 11.1 Å². The van der Waals surface area contributed by atoms with Crippen LogP contribution in [0.3, 0.4) is 0 Å². The Balaban J connectivity index is 3.01. The summed E-state index contributed by atoms with van der Waals surface area (Å²) in [6, 6.07) is 6.34. The molecule has 0 radical (unpaired) electrons. The van der Waals surface area contributed by atoms with E-state index in [4.69, 9.17) is 9.84 Å². The Labute approximate surface area is 123 Å². The Morgan fingerprint density at radius 1 is 1.43 bits per heavy atom. The average Bonchev–Trinajstić information content (AvgIpc) is 2.47. The third kappa shape index (κ3) is 5.27. The summed E-state index contributed by atoms with van der Waals surface area (Å²) in [6.45, 7) is 2.99. The fraction of sp³-hybridized carbons (Fsp3) is 0.333. The average molecular weight is 292 g/mol. The van der Waals surface area contributed by atoms with Crippen molar-refractivity contribution in [3.8, 4) is 0 Å². The van der Waals surface area contributed by atoms with Crippen LogP contribution in [0, 0.1) is 0 Å². The number of nitrogens with one attached hydrogen (secondary N) is 2.